The number of fused-ring (bicyclic) bond motifs is 1. The Morgan fingerprint density at radius 3 is 2.31 bits per heavy atom. The van der Waals surface area contributed by atoms with E-state index in [9.17, 15) is 18.0 Å². The molecule has 7 heteroatoms. The summed E-state index contributed by atoms with van der Waals surface area (Å²) >= 11 is 0. The zero-order valence-electron chi connectivity index (χ0n) is 16.0. The molecule has 0 amide bonds. The molecule has 1 radical (unpaired) electrons. The van der Waals surface area contributed by atoms with E-state index in [0.29, 0.717) is 16.8 Å². The first-order chi connectivity index (χ1) is 13.1. The van der Waals surface area contributed by atoms with Crippen LogP contribution in [-0.4, -0.2) is 15.9 Å². The van der Waals surface area contributed by atoms with Crippen LogP contribution in [0.5, 0.6) is 0 Å². The number of hydrogen-bond acceptors (Lipinski definition) is 3. The van der Waals surface area contributed by atoms with Crippen LogP contribution in [0.15, 0.2) is 60.4 Å². The molecular formula is C22H19F3IrNO2-. The number of halogens is 3. The quantitative estimate of drug-likeness (QED) is 0.228. The number of benzene rings is 2. The van der Waals surface area contributed by atoms with E-state index in [1.54, 1.807) is 19.1 Å². The third-order valence-corrected chi connectivity index (χ3v) is 3.61. The van der Waals surface area contributed by atoms with Crippen LogP contribution in [0.1, 0.15) is 25.0 Å². The maximum atomic E-state index is 12.9. The minimum absolute atomic E-state index is 0. The van der Waals surface area contributed by atoms with Crippen LogP contribution >= 0.6 is 0 Å². The van der Waals surface area contributed by atoms with Crippen LogP contribution in [-0.2, 0) is 31.1 Å². The van der Waals surface area contributed by atoms with Gasteiger partial charge in [0.25, 0.3) is 0 Å². The predicted octanol–water partition coefficient (Wildman–Crippen LogP) is 6.06. The first-order valence-electron chi connectivity index (χ1n) is 8.41. The van der Waals surface area contributed by atoms with E-state index in [-0.39, 0.29) is 31.6 Å². The Morgan fingerprint density at radius 2 is 1.76 bits per heavy atom. The average Bonchev–Trinajstić information content (AvgIpc) is 2.59. The molecular weight excluding hydrogens is 559 g/mol. The number of carbonyl (C=O) groups is 1. The summed E-state index contributed by atoms with van der Waals surface area (Å²) in [6, 6.07) is 16.2. The van der Waals surface area contributed by atoms with Gasteiger partial charge in [-0.1, -0.05) is 37.3 Å². The third-order valence-electron chi connectivity index (χ3n) is 3.61. The normalized spacial score (nSPS) is 11.3. The van der Waals surface area contributed by atoms with Crippen molar-refractivity contribution in [1.82, 2.24) is 4.98 Å². The molecule has 0 aliphatic carbocycles. The molecule has 3 rings (SSSR count). The first-order valence-corrected chi connectivity index (χ1v) is 8.41. The Bertz CT molecular complexity index is 1030. The summed E-state index contributed by atoms with van der Waals surface area (Å²) in [5, 5.41) is 9.31. The molecule has 2 aromatic carbocycles. The standard InChI is InChI=1S/C17H11F3N.C5H8O2.Ir/c1-11-8-13(10-14(9-11)17(18,19)20)16-7-6-12-4-2-3-5-15(12)21-16;1-4(6)3-5(2)7;/h2-9H,1H3;3,6H,1-2H3;/q-1;;/b;4-3-;. The molecule has 3 aromatic rings. The maximum absolute atomic E-state index is 12.9. The maximum Gasteiger partial charge on any atom is 0.399 e. The number of carbonyl (C=O) groups excluding carboxylic acids is 1. The number of aliphatic hydroxyl groups is 1. The average molecular weight is 579 g/mol. The predicted molar refractivity (Wildman–Crippen MR) is 103 cm³/mol. The molecule has 0 aliphatic heterocycles. The van der Waals surface area contributed by atoms with Gasteiger partial charge in [0.2, 0.25) is 0 Å². The summed E-state index contributed by atoms with van der Waals surface area (Å²) in [4.78, 5) is 14.4. The van der Waals surface area contributed by atoms with Crippen LogP contribution in [0, 0.1) is 13.0 Å². The molecule has 29 heavy (non-hydrogen) atoms. The summed E-state index contributed by atoms with van der Waals surface area (Å²) < 4.78 is 38.6. The second-order valence-corrected chi connectivity index (χ2v) is 6.27. The second kappa shape index (κ2) is 10.3. The van der Waals surface area contributed by atoms with Crippen molar-refractivity contribution < 1.29 is 43.2 Å². The molecule has 155 valence electrons. The molecule has 0 fully saturated rings. The van der Waals surface area contributed by atoms with E-state index >= 15 is 0 Å². The van der Waals surface area contributed by atoms with E-state index in [1.807, 2.05) is 30.3 Å². The van der Waals surface area contributed by atoms with E-state index in [0.717, 1.165) is 17.0 Å². The van der Waals surface area contributed by atoms with Gasteiger partial charge in [0, 0.05) is 26.2 Å². The minimum atomic E-state index is -4.41. The van der Waals surface area contributed by atoms with Crippen LogP contribution in [0.4, 0.5) is 13.2 Å². The Morgan fingerprint density at radius 1 is 1.10 bits per heavy atom. The fourth-order valence-corrected chi connectivity index (χ4v) is 2.52. The van der Waals surface area contributed by atoms with Crippen LogP contribution in [0.3, 0.4) is 0 Å². The molecule has 1 heterocycles. The molecule has 0 saturated carbocycles. The van der Waals surface area contributed by atoms with Gasteiger partial charge < -0.3 is 5.11 Å². The smallest absolute Gasteiger partial charge is 0.399 e. The van der Waals surface area contributed by atoms with Crippen molar-refractivity contribution >= 4 is 16.7 Å². The van der Waals surface area contributed by atoms with E-state index < -0.39 is 11.7 Å². The van der Waals surface area contributed by atoms with Gasteiger partial charge >= 0.3 is 6.18 Å². The summed E-state index contributed by atoms with van der Waals surface area (Å²) in [6.07, 6.45) is -3.24. The van der Waals surface area contributed by atoms with Gasteiger partial charge in [0.05, 0.1) is 11.3 Å². The van der Waals surface area contributed by atoms with Crippen LogP contribution in [0.25, 0.3) is 22.2 Å². The number of ketones is 1. The van der Waals surface area contributed by atoms with Crippen LogP contribution in [0.2, 0.25) is 0 Å². The number of pyridine rings is 1. The number of aromatic nitrogens is 1. The molecule has 0 saturated heterocycles. The van der Waals surface area contributed by atoms with Gasteiger partial charge in [-0.3, -0.25) is 9.78 Å². The Kier molecular flexibility index (Phi) is 8.74. The van der Waals surface area contributed by atoms with Gasteiger partial charge in [-0.15, -0.1) is 29.3 Å². The van der Waals surface area contributed by atoms with Gasteiger partial charge in [0.1, 0.15) is 0 Å². The van der Waals surface area contributed by atoms with Crippen molar-refractivity contribution in [1.29, 1.82) is 0 Å². The third kappa shape index (κ3) is 7.44. The van der Waals surface area contributed by atoms with Gasteiger partial charge in [-0.05, 0) is 36.6 Å². The molecule has 0 unspecified atom stereocenters. The van der Waals surface area contributed by atoms with Crippen molar-refractivity contribution in [3.05, 3.63) is 77.6 Å². The number of hydrogen-bond donors (Lipinski definition) is 1. The van der Waals surface area contributed by atoms with Gasteiger partial charge in [-0.2, -0.15) is 13.2 Å². The summed E-state index contributed by atoms with van der Waals surface area (Å²) in [5.41, 5.74) is 1.35. The first kappa shape index (κ1) is 24.5. The molecule has 0 atom stereocenters. The van der Waals surface area contributed by atoms with Gasteiger partial charge in [0.15, 0.2) is 5.78 Å². The molecule has 3 nitrogen and oxygen atoms in total. The second-order valence-electron chi connectivity index (χ2n) is 6.27. The molecule has 1 aromatic heterocycles. The van der Waals surface area contributed by atoms with E-state index in [1.165, 1.54) is 19.9 Å². The zero-order valence-corrected chi connectivity index (χ0v) is 18.4. The molecule has 0 bridgehead atoms. The minimum Gasteiger partial charge on any atom is -0.512 e. The fourth-order valence-electron chi connectivity index (χ4n) is 2.52. The van der Waals surface area contributed by atoms with Crippen molar-refractivity contribution in [2.75, 3.05) is 0 Å². The number of nitrogens with zero attached hydrogens (tertiary/aromatic N) is 1. The summed E-state index contributed by atoms with van der Waals surface area (Å²) in [5.74, 6) is -0.0625. The Labute approximate surface area is 180 Å². The number of para-hydroxylation sites is 1. The van der Waals surface area contributed by atoms with E-state index in [4.69, 9.17) is 5.11 Å². The molecule has 0 aliphatic rings. The number of alkyl halides is 3. The van der Waals surface area contributed by atoms with Crippen LogP contribution < -0.4 is 0 Å². The Hall–Kier alpha value is -2.50. The summed E-state index contributed by atoms with van der Waals surface area (Å²) in [6.45, 7) is 4.48. The topological polar surface area (TPSA) is 50.2 Å². The van der Waals surface area contributed by atoms with Crippen molar-refractivity contribution in [2.24, 2.45) is 0 Å². The van der Waals surface area contributed by atoms with Crippen molar-refractivity contribution in [3.8, 4) is 11.3 Å². The number of aryl methyl sites for hydroxylation is 1. The van der Waals surface area contributed by atoms with E-state index in [2.05, 4.69) is 11.1 Å². The number of rotatable bonds is 2. The van der Waals surface area contributed by atoms with Crippen molar-refractivity contribution in [2.45, 2.75) is 26.9 Å². The van der Waals surface area contributed by atoms with Crippen molar-refractivity contribution in [3.63, 3.8) is 0 Å². The Balaban J connectivity index is 0.000000456. The SMILES string of the molecule is CC(=O)/C=C(/C)O.Cc1cc(-c2ccc3ccccc3n2)[c-]c(C(F)(F)F)c1.[Ir]. The molecule has 1 N–H and O–H groups in total. The number of aliphatic hydroxyl groups excluding tert-OH is 1. The molecule has 0 spiro atoms. The van der Waals surface area contributed by atoms with Gasteiger partial charge in [-0.25, -0.2) is 0 Å². The fraction of sp³-hybridized carbons (Fsp3) is 0.182. The largest absolute Gasteiger partial charge is 0.512 e. The monoisotopic (exact) mass is 579 g/mol. The summed E-state index contributed by atoms with van der Waals surface area (Å²) in [7, 11) is 0. The number of allylic oxidation sites excluding steroid dienone is 2. The zero-order chi connectivity index (χ0) is 20.9.